The van der Waals surface area contributed by atoms with Gasteiger partial charge in [-0.2, -0.15) is 5.10 Å². The van der Waals surface area contributed by atoms with Crippen molar-refractivity contribution in [3.63, 3.8) is 0 Å². The smallest absolute Gasteiger partial charge is 0.264 e. The highest BCUT2D eigenvalue weighted by atomic mass is 35.5. The number of halogens is 1. The van der Waals surface area contributed by atoms with Crippen LogP contribution < -0.4 is 15.6 Å². The molecule has 1 aromatic carbocycles. The van der Waals surface area contributed by atoms with E-state index in [1.807, 2.05) is 52.0 Å². The zero-order valence-corrected chi connectivity index (χ0v) is 15.8. The largest absolute Gasteiger partial charge is 0.490 e. The van der Waals surface area contributed by atoms with Gasteiger partial charge in [-0.3, -0.25) is 4.79 Å². The number of hydrogen-bond donors (Lipinski definition) is 3. The van der Waals surface area contributed by atoms with Crippen molar-refractivity contribution in [3.05, 3.63) is 46.4 Å². The van der Waals surface area contributed by atoms with Crippen molar-refractivity contribution in [2.75, 3.05) is 13.2 Å². The first kappa shape index (κ1) is 21.2. The lowest BCUT2D eigenvalue weighted by molar-refractivity contribution is 0.100. The summed E-state index contributed by atoms with van der Waals surface area (Å²) in [4.78, 5) is 11.6. The van der Waals surface area contributed by atoms with Gasteiger partial charge in [0.15, 0.2) is 0 Å². The lowest BCUT2D eigenvalue weighted by Crippen LogP contribution is -2.42. The average molecular weight is 368 g/mol. The van der Waals surface area contributed by atoms with E-state index in [1.54, 1.807) is 0 Å². The highest BCUT2D eigenvalue weighted by Gasteiger charge is 2.14. The third-order valence-electron chi connectivity index (χ3n) is 3.48. The van der Waals surface area contributed by atoms with Gasteiger partial charge in [0.2, 0.25) is 0 Å². The van der Waals surface area contributed by atoms with Crippen LogP contribution in [0, 0.1) is 6.92 Å². The van der Waals surface area contributed by atoms with E-state index in [2.05, 4.69) is 15.5 Å². The fraction of sp³-hybridized carbons (Fsp3) is 0.444. The molecule has 0 aliphatic heterocycles. The Kier molecular flexibility index (Phi) is 7.60. The maximum atomic E-state index is 11.6. The van der Waals surface area contributed by atoms with Gasteiger partial charge in [-0.25, -0.2) is 5.10 Å². The van der Waals surface area contributed by atoms with Crippen LogP contribution in [0.15, 0.2) is 35.1 Å². The first-order valence-electron chi connectivity index (χ1n) is 7.98. The number of β-amino-alcohol motifs (C(OH)–C–C–N with tert-alkyl or cyclic N) is 1. The minimum absolute atomic E-state index is 0. The molecule has 1 heterocycles. The number of aliphatic hydroxyl groups is 1. The minimum atomic E-state index is -0.629. The highest BCUT2D eigenvalue weighted by molar-refractivity contribution is 5.85. The number of para-hydroxylation sites is 1. The summed E-state index contributed by atoms with van der Waals surface area (Å²) in [6.07, 6.45) is -0.629. The average Bonchev–Trinajstić information content (AvgIpc) is 2.53. The first-order chi connectivity index (χ1) is 11.3. The van der Waals surface area contributed by atoms with Crippen LogP contribution in [0.1, 0.15) is 26.5 Å². The fourth-order valence-corrected chi connectivity index (χ4v) is 2.22. The topological polar surface area (TPSA) is 87.2 Å². The summed E-state index contributed by atoms with van der Waals surface area (Å²) in [7, 11) is 0. The molecule has 1 atom stereocenters. The number of H-pyrrole nitrogens is 1. The Balaban J connectivity index is 0.00000312. The number of nitrogens with one attached hydrogen (secondary N) is 2. The van der Waals surface area contributed by atoms with E-state index in [1.165, 1.54) is 6.07 Å². The number of benzene rings is 1. The highest BCUT2D eigenvalue weighted by Crippen LogP contribution is 2.30. The Morgan fingerprint density at radius 1 is 1.28 bits per heavy atom. The molecule has 0 radical (unpaired) electrons. The monoisotopic (exact) mass is 367 g/mol. The Bertz CT molecular complexity index is 741. The third kappa shape index (κ3) is 6.49. The van der Waals surface area contributed by atoms with Gasteiger partial charge in [-0.05, 0) is 33.8 Å². The fourth-order valence-electron chi connectivity index (χ4n) is 2.22. The van der Waals surface area contributed by atoms with Crippen molar-refractivity contribution in [3.8, 4) is 16.9 Å². The van der Waals surface area contributed by atoms with Crippen LogP contribution in [-0.2, 0) is 0 Å². The molecule has 2 rings (SSSR count). The molecule has 7 heteroatoms. The Morgan fingerprint density at radius 3 is 2.64 bits per heavy atom. The summed E-state index contributed by atoms with van der Waals surface area (Å²) >= 11 is 0. The molecule has 0 fully saturated rings. The molecular weight excluding hydrogens is 342 g/mol. The molecule has 1 unspecified atom stereocenters. The summed E-state index contributed by atoms with van der Waals surface area (Å²) in [5.41, 5.74) is 1.88. The Labute approximate surface area is 154 Å². The number of nitrogens with zero attached hydrogens (tertiary/aromatic N) is 1. The molecule has 0 saturated carbocycles. The van der Waals surface area contributed by atoms with Gasteiger partial charge in [-0.15, -0.1) is 12.4 Å². The molecule has 25 heavy (non-hydrogen) atoms. The lowest BCUT2D eigenvalue weighted by atomic mass is 10.0. The van der Waals surface area contributed by atoms with Gasteiger partial charge in [0.25, 0.3) is 5.56 Å². The number of ether oxygens (including phenoxy) is 1. The molecule has 2 aromatic rings. The quantitative estimate of drug-likeness (QED) is 0.729. The number of hydrogen-bond acceptors (Lipinski definition) is 5. The molecule has 0 aliphatic carbocycles. The van der Waals surface area contributed by atoms with Gasteiger partial charge >= 0.3 is 0 Å². The minimum Gasteiger partial charge on any atom is -0.490 e. The zero-order chi connectivity index (χ0) is 17.7. The zero-order valence-electron chi connectivity index (χ0n) is 15.0. The second-order valence-electron chi connectivity index (χ2n) is 6.82. The summed E-state index contributed by atoms with van der Waals surface area (Å²) in [5, 5.41) is 19.7. The van der Waals surface area contributed by atoms with Crippen molar-refractivity contribution in [2.45, 2.75) is 39.3 Å². The molecule has 138 valence electrons. The summed E-state index contributed by atoms with van der Waals surface area (Å²) in [6.45, 7) is 8.55. The summed E-state index contributed by atoms with van der Waals surface area (Å²) < 4.78 is 5.78. The first-order valence-corrected chi connectivity index (χ1v) is 7.98. The molecule has 0 spiro atoms. The summed E-state index contributed by atoms with van der Waals surface area (Å²) in [6, 6.07) is 8.93. The van der Waals surface area contributed by atoms with E-state index in [4.69, 9.17) is 4.74 Å². The van der Waals surface area contributed by atoms with Crippen LogP contribution >= 0.6 is 12.4 Å². The van der Waals surface area contributed by atoms with E-state index in [0.717, 1.165) is 11.1 Å². The van der Waals surface area contributed by atoms with Crippen LogP contribution in [0.4, 0.5) is 0 Å². The molecule has 0 bridgehead atoms. The predicted molar refractivity (Wildman–Crippen MR) is 102 cm³/mol. The van der Waals surface area contributed by atoms with E-state index in [9.17, 15) is 9.90 Å². The number of rotatable bonds is 6. The molecule has 1 aromatic heterocycles. The van der Waals surface area contributed by atoms with Crippen molar-refractivity contribution >= 4 is 12.4 Å². The molecule has 0 saturated heterocycles. The van der Waals surface area contributed by atoms with Crippen LogP contribution in [-0.4, -0.2) is 40.1 Å². The lowest BCUT2D eigenvalue weighted by Gasteiger charge is -2.23. The molecular formula is C18H26ClN3O3. The van der Waals surface area contributed by atoms with Crippen molar-refractivity contribution in [1.82, 2.24) is 15.5 Å². The van der Waals surface area contributed by atoms with E-state index in [-0.39, 0.29) is 30.1 Å². The van der Waals surface area contributed by atoms with Gasteiger partial charge in [0.1, 0.15) is 18.5 Å². The SMILES string of the molecule is Cc1n[nH]c(=O)cc1-c1ccccc1OCC(O)CNC(C)(C)C.Cl. The second-order valence-corrected chi connectivity index (χ2v) is 6.82. The summed E-state index contributed by atoms with van der Waals surface area (Å²) in [5.74, 6) is 0.614. The van der Waals surface area contributed by atoms with Gasteiger partial charge < -0.3 is 15.2 Å². The second kappa shape index (κ2) is 8.99. The Morgan fingerprint density at radius 2 is 1.96 bits per heavy atom. The van der Waals surface area contributed by atoms with Gasteiger partial charge in [0.05, 0.1) is 5.69 Å². The Hall–Kier alpha value is -1.89. The van der Waals surface area contributed by atoms with E-state index in [0.29, 0.717) is 18.0 Å². The molecule has 3 N–H and O–H groups in total. The van der Waals surface area contributed by atoms with Crippen LogP contribution in [0.25, 0.3) is 11.1 Å². The predicted octanol–water partition coefficient (Wildman–Crippen LogP) is 2.29. The maximum Gasteiger partial charge on any atom is 0.264 e. The standard InChI is InChI=1S/C18H25N3O3.ClH/c1-12-15(9-17(23)21-20-12)14-7-5-6-8-16(14)24-11-13(22)10-19-18(2,3)4;/h5-9,13,19,22H,10-11H2,1-4H3,(H,21,23);1H. The normalized spacial score (nSPS) is 12.4. The number of aryl methyl sites for hydroxylation is 1. The number of aromatic amines is 1. The van der Waals surface area contributed by atoms with Crippen molar-refractivity contribution in [1.29, 1.82) is 0 Å². The maximum absolute atomic E-state index is 11.6. The van der Waals surface area contributed by atoms with Gasteiger partial charge in [-0.1, -0.05) is 18.2 Å². The molecule has 0 amide bonds. The van der Waals surface area contributed by atoms with E-state index < -0.39 is 6.10 Å². The van der Waals surface area contributed by atoms with Gasteiger partial charge in [0, 0.05) is 29.3 Å². The number of aromatic nitrogens is 2. The van der Waals surface area contributed by atoms with Crippen molar-refractivity contribution in [2.24, 2.45) is 0 Å². The molecule has 6 nitrogen and oxygen atoms in total. The molecule has 0 aliphatic rings. The van der Waals surface area contributed by atoms with Crippen LogP contribution in [0.5, 0.6) is 5.75 Å². The third-order valence-corrected chi connectivity index (χ3v) is 3.48. The van der Waals surface area contributed by atoms with Crippen molar-refractivity contribution < 1.29 is 9.84 Å². The van der Waals surface area contributed by atoms with Crippen LogP contribution in [0.2, 0.25) is 0 Å². The van der Waals surface area contributed by atoms with Crippen LogP contribution in [0.3, 0.4) is 0 Å². The van der Waals surface area contributed by atoms with E-state index >= 15 is 0 Å². The number of aliphatic hydroxyl groups excluding tert-OH is 1.